The third-order valence-corrected chi connectivity index (χ3v) is 2.95. The molecule has 0 atom stereocenters. The smallest absolute Gasteiger partial charge is 0.353 e. The zero-order valence-corrected chi connectivity index (χ0v) is 11.3. The highest BCUT2D eigenvalue weighted by Crippen LogP contribution is 2.27. The second kappa shape index (κ2) is 4.78. The fourth-order valence-corrected chi connectivity index (χ4v) is 2.06. The number of benzene rings is 1. The summed E-state index contributed by atoms with van der Waals surface area (Å²) in [5.41, 5.74) is 3.43. The van der Waals surface area contributed by atoms with Crippen molar-refractivity contribution in [3.8, 4) is 11.3 Å². The van der Waals surface area contributed by atoms with Gasteiger partial charge in [0.05, 0.1) is 5.69 Å². The summed E-state index contributed by atoms with van der Waals surface area (Å²) in [7, 11) is 0. The van der Waals surface area contributed by atoms with Gasteiger partial charge in [0.1, 0.15) is 5.69 Å². The number of nitrogens with zero attached hydrogens (tertiary/aromatic N) is 1. The van der Waals surface area contributed by atoms with E-state index in [9.17, 15) is 4.79 Å². The number of carboxylic acid groups (broad SMARTS) is 1. The number of rotatable bonds is 3. The lowest BCUT2D eigenvalue weighted by Crippen LogP contribution is -1.95. The first-order chi connectivity index (χ1) is 8.47. The molecule has 0 aliphatic carbocycles. The lowest BCUT2D eigenvalue weighted by molar-refractivity contribution is 0.0690. The fourth-order valence-electron chi connectivity index (χ4n) is 1.56. The molecule has 0 saturated carbocycles. The van der Waals surface area contributed by atoms with E-state index in [4.69, 9.17) is 5.11 Å². The molecule has 0 radical (unpaired) electrons. The van der Waals surface area contributed by atoms with Crippen LogP contribution in [0.1, 0.15) is 23.0 Å². The predicted octanol–water partition coefficient (Wildman–Crippen LogP) is 3.57. The monoisotopic (exact) mass is 306 g/mol. The van der Waals surface area contributed by atoms with Gasteiger partial charge >= 0.3 is 5.97 Å². The number of allylic oxidation sites excluding steroid dienone is 1. The molecule has 0 spiro atoms. The molecule has 2 N–H and O–H groups in total. The molecule has 0 fully saturated rings. The van der Waals surface area contributed by atoms with Crippen LogP contribution in [0, 0.1) is 0 Å². The average Bonchev–Trinajstić information content (AvgIpc) is 2.77. The van der Waals surface area contributed by atoms with E-state index in [0.717, 1.165) is 21.2 Å². The van der Waals surface area contributed by atoms with Gasteiger partial charge in [0.2, 0.25) is 0 Å². The highest BCUT2D eigenvalue weighted by atomic mass is 79.9. The van der Waals surface area contributed by atoms with E-state index < -0.39 is 5.97 Å². The predicted molar refractivity (Wildman–Crippen MR) is 73.4 cm³/mol. The number of hydrogen-bond acceptors (Lipinski definition) is 2. The van der Waals surface area contributed by atoms with Gasteiger partial charge in [-0.1, -0.05) is 28.1 Å². The van der Waals surface area contributed by atoms with Crippen molar-refractivity contribution in [2.75, 3.05) is 0 Å². The van der Waals surface area contributed by atoms with E-state index in [1.165, 1.54) is 6.07 Å². The summed E-state index contributed by atoms with van der Waals surface area (Å²) in [5.74, 6) is -1.02. The molecule has 0 saturated heterocycles. The van der Waals surface area contributed by atoms with Gasteiger partial charge in [0.25, 0.3) is 0 Å². The Balaban J connectivity index is 2.49. The van der Waals surface area contributed by atoms with E-state index >= 15 is 0 Å². The average molecular weight is 307 g/mol. The zero-order valence-electron chi connectivity index (χ0n) is 9.70. The minimum Gasteiger partial charge on any atom is -0.477 e. The largest absolute Gasteiger partial charge is 0.477 e. The van der Waals surface area contributed by atoms with E-state index in [2.05, 4.69) is 32.7 Å². The number of carboxylic acids is 1. The van der Waals surface area contributed by atoms with Crippen molar-refractivity contribution < 1.29 is 9.90 Å². The molecule has 0 unspecified atom stereocenters. The van der Waals surface area contributed by atoms with Crippen molar-refractivity contribution in [2.24, 2.45) is 0 Å². The minimum absolute atomic E-state index is 0.0712. The van der Waals surface area contributed by atoms with Crippen LogP contribution in [0.2, 0.25) is 0 Å². The molecule has 1 aromatic carbocycles. The van der Waals surface area contributed by atoms with Crippen LogP contribution >= 0.6 is 15.9 Å². The van der Waals surface area contributed by atoms with Gasteiger partial charge in [-0.2, -0.15) is 5.10 Å². The summed E-state index contributed by atoms with van der Waals surface area (Å²) in [6, 6.07) is 7.27. The van der Waals surface area contributed by atoms with Gasteiger partial charge in [-0.3, -0.25) is 5.10 Å². The maximum absolute atomic E-state index is 10.8. The van der Waals surface area contributed by atoms with Crippen molar-refractivity contribution in [2.45, 2.75) is 6.92 Å². The van der Waals surface area contributed by atoms with Crippen LogP contribution in [-0.2, 0) is 0 Å². The molecule has 0 amide bonds. The Bertz CT molecular complexity index is 632. The summed E-state index contributed by atoms with van der Waals surface area (Å²) >= 11 is 3.42. The number of nitrogens with one attached hydrogen (secondary N) is 1. The van der Waals surface area contributed by atoms with E-state index in [0.29, 0.717) is 5.69 Å². The Morgan fingerprint density at radius 2 is 2.11 bits per heavy atom. The molecule has 2 rings (SSSR count). The molecule has 92 valence electrons. The number of aromatic carboxylic acids is 1. The number of H-pyrrole nitrogens is 1. The van der Waals surface area contributed by atoms with Crippen LogP contribution in [0.25, 0.3) is 16.8 Å². The zero-order chi connectivity index (χ0) is 13.3. The van der Waals surface area contributed by atoms with Crippen LogP contribution in [0.4, 0.5) is 0 Å². The number of carbonyl (C=O) groups is 1. The first-order valence-corrected chi connectivity index (χ1v) is 6.02. The maximum Gasteiger partial charge on any atom is 0.353 e. The normalized spacial score (nSPS) is 10.3. The quantitative estimate of drug-likeness (QED) is 0.911. The Morgan fingerprint density at radius 1 is 1.39 bits per heavy atom. The second-order valence-corrected chi connectivity index (χ2v) is 4.90. The fraction of sp³-hybridized carbons (Fsp3) is 0.0769. The van der Waals surface area contributed by atoms with Gasteiger partial charge in [0.15, 0.2) is 0 Å². The molecule has 2 aromatic rings. The third kappa shape index (κ3) is 2.51. The highest BCUT2D eigenvalue weighted by molar-refractivity contribution is 9.10. The van der Waals surface area contributed by atoms with Gasteiger partial charge in [-0.15, -0.1) is 0 Å². The van der Waals surface area contributed by atoms with Crippen molar-refractivity contribution in [1.29, 1.82) is 0 Å². The lowest BCUT2D eigenvalue weighted by Gasteiger charge is -2.04. The molecule has 5 heteroatoms. The second-order valence-electron chi connectivity index (χ2n) is 3.98. The van der Waals surface area contributed by atoms with Crippen molar-refractivity contribution in [1.82, 2.24) is 10.2 Å². The lowest BCUT2D eigenvalue weighted by atomic mass is 10.0. The van der Waals surface area contributed by atoms with E-state index in [1.807, 2.05) is 25.1 Å². The third-order valence-electron chi connectivity index (χ3n) is 2.49. The van der Waals surface area contributed by atoms with E-state index in [1.54, 1.807) is 0 Å². The molecule has 0 bridgehead atoms. The van der Waals surface area contributed by atoms with Crippen LogP contribution in [0.15, 0.2) is 35.3 Å². The molecule has 1 aromatic heterocycles. The van der Waals surface area contributed by atoms with Crippen LogP contribution in [0.3, 0.4) is 0 Å². The van der Waals surface area contributed by atoms with E-state index in [-0.39, 0.29) is 5.69 Å². The number of aromatic amines is 1. The molecule has 0 aliphatic heterocycles. The van der Waals surface area contributed by atoms with Crippen molar-refractivity contribution in [3.63, 3.8) is 0 Å². The van der Waals surface area contributed by atoms with Gasteiger partial charge in [-0.05, 0) is 36.8 Å². The van der Waals surface area contributed by atoms with Crippen LogP contribution < -0.4 is 0 Å². The van der Waals surface area contributed by atoms with Gasteiger partial charge < -0.3 is 5.11 Å². The standard InChI is InChI=1S/C13H11BrN2O2/c1-7(2)8-3-9(5-10(14)4-8)11-6-12(13(17)18)16-15-11/h3-6H,1H2,2H3,(H,15,16)(H,17,18). The number of aromatic nitrogens is 2. The molecule has 4 nitrogen and oxygen atoms in total. The van der Waals surface area contributed by atoms with Crippen molar-refractivity contribution in [3.05, 3.63) is 46.6 Å². The van der Waals surface area contributed by atoms with Gasteiger partial charge in [-0.25, -0.2) is 4.79 Å². The maximum atomic E-state index is 10.8. The molecular formula is C13H11BrN2O2. The molecule has 0 aliphatic rings. The summed E-state index contributed by atoms with van der Waals surface area (Å²) in [4.78, 5) is 10.8. The first kappa shape index (κ1) is 12.6. The summed E-state index contributed by atoms with van der Waals surface area (Å²) in [5, 5.41) is 15.3. The Labute approximate surface area is 112 Å². The molecule has 1 heterocycles. The number of halogens is 1. The van der Waals surface area contributed by atoms with Crippen molar-refractivity contribution >= 4 is 27.5 Å². The Kier molecular flexibility index (Phi) is 3.34. The summed E-state index contributed by atoms with van der Waals surface area (Å²) in [6.45, 7) is 5.81. The van der Waals surface area contributed by atoms with Crippen LogP contribution in [-0.4, -0.2) is 21.3 Å². The summed E-state index contributed by atoms with van der Waals surface area (Å²) < 4.78 is 0.901. The first-order valence-electron chi connectivity index (χ1n) is 5.23. The minimum atomic E-state index is -1.02. The molecular weight excluding hydrogens is 296 g/mol. The SMILES string of the molecule is C=C(C)c1cc(Br)cc(-c2cc(C(=O)O)[nH]n2)c1. The topological polar surface area (TPSA) is 66.0 Å². The Hall–Kier alpha value is -1.88. The molecule has 18 heavy (non-hydrogen) atoms. The number of hydrogen-bond donors (Lipinski definition) is 2. The summed E-state index contributed by atoms with van der Waals surface area (Å²) in [6.07, 6.45) is 0. The highest BCUT2D eigenvalue weighted by Gasteiger charge is 2.10. The van der Waals surface area contributed by atoms with Crippen LogP contribution in [0.5, 0.6) is 0 Å². The van der Waals surface area contributed by atoms with Gasteiger partial charge in [0, 0.05) is 10.0 Å². The Morgan fingerprint density at radius 3 is 2.67 bits per heavy atom.